The average molecular weight is 339 g/mol. The van der Waals surface area contributed by atoms with Crippen molar-refractivity contribution in [3.8, 4) is 0 Å². The molecule has 0 aromatic carbocycles. The van der Waals surface area contributed by atoms with Crippen molar-refractivity contribution in [1.29, 1.82) is 0 Å². The summed E-state index contributed by atoms with van der Waals surface area (Å²) in [5, 5.41) is 2.90. The highest BCUT2D eigenvalue weighted by atomic mass is 32.1. The fraction of sp³-hybridized carbons (Fsp3) is 0.562. The van der Waals surface area contributed by atoms with E-state index in [2.05, 4.69) is 10.1 Å². The van der Waals surface area contributed by atoms with Gasteiger partial charge in [0.2, 0.25) is 0 Å². The molecule has 1 aliphatic carbocycles. The third-order valence-corrected chi connectivity index (χ3v) is 4.80. The number of esters is 2. The van der Waals surface area contributed by atoms with E-state index in [9.17, 15) is 14.4 Å². The maximum Gasteiger partial charge on any atom is 0.397 e. The van der Waals surface area contributed by atoms with Gasteiger partial charge in [0.15, 0.2) is 0 Å². The van der Waals surface area contributed by atoms with Crippen LogP contribution in [0.1, 0.15) is 53.9 Å². The van der Waals surface area contributed by atoms with Crippen LogP contribution in [0.5, 0.6) is 0 Å². The van der Waals surface area contributed by atoms with Gasteiger partial charge in [-0.25, -0.2) is 9.59 Å². The van der Waals surface area contributed by atoms with Gasteiger partial charge in [-0.1, -0.05) is 6.42 Å². The lowest BCUT2D eigenvalue weighted by Crippen LogP contribution is -2.25. The minimum Gasteiger partial charge on any atom is -0.462 e. The molecule has 1 aliphatic rings. The van der Waals surface area contributed by atoms with Crippen LogP contribution in [0.4, 0.5) is 5.00 Å². The highest BCUT2D eigenvalue weighted by Gasteiger charge is 2.28. The van der Waals surface area contributed by atoms with Crippen LogP contribution in [-0.4, -0.2) is 31.1 Å². The number of aryl methyl sites for hydroxylation is 1. The van der Waals surface area contributed by atoms with Gasteiger partial charge in [0, 0.05) is 4.88 Å². The van der Waals surface area contributed by atoms with Gasteiger partial charge >= 0.3 is 17.8 Å². The Morgan fingerprint density at radius 3 is 2.43 bits per heavy atom. The zero-order valence-electron chi connectivity index (χ0n) is 13.4. The molecule has 1 N–H and O–H groups in total. The van der Waals surface area contributed by atoms with Crippen molar-refractivity contribution >= 4 is 34.2 Å². The first-order valence-corrected chi connectivity index (χ1v) is 8.69. The molecule has 2 rings (SSSR count). The number of fused-ring (bicyclic) bond motifs is 1. The first kappa shape index (κ1) is 17.5. The second-order valence-corrected chi connectivity index (χ2v) is 6.27. The van der Waals surface area contributed by atoms with Gasteiger partial charge in [0.1, 0.15) is 5.00 Å². The van der Waals surface area contributed by atoms with Crippen molar-refractivity contribution < 1.29 is 23.9 Å². The number of carbonyl (C=O) groups is 3. The summed E-state index contributed by atoms with van der Waals surface area (Å²) in [5.74, 6) is -2.27. The maximum absolute atomic E-state index is 12.3. The van der Waals surface area contributed by atoms with Crippen molar-refractivity contribution in [1.82, 2.24) is 0 Å². The average Bonchev–Trinajstić information content (AvgIpc) is 2.69. The van der Waals surface area contributed by atoms with Crippen LogP contribution in [0, 0.1) is 0 Å². The molecule has 0 saturated carbocycles. The van der Waals surface area contributed by atoms with E-state index in [0.29, 0.717) is 10.6 Å². The number of anilines is 1. The van der Waals surface area contributed by atoms with Crippen molar-refractivity contribution in [2.24, 2.45) is 0 Å². The Labute approximate surface area is 139 Å². The zero-order valence-corrected chi connectivity index (χ0v) is 14.2. The third kappa shape index (κ3) is 4.10. The summed E-state index contributed by atoms with van der Waals surface area (Å²) in [4.78, 5) is 36.8. The minimum absolute atomic E-state index is 0.123. The molecular formula is C16H21NO5S. The number of hydrogen-bond acceptors (Lipinski definition) is 6. The van der Waals surface area contributed by atoms with Gasteiger partial charge in [-0.05, 0) is 45.1 Å². The second-order valence-electron chi connectivity index (χ2n) is 5.16. The molecule has 1 aromatic heterocycles. The first-order valence-electron chi connectivity index (χ1n) is 7.88. The molecule has 0 saturated heterocycles. The van der Waals surface area contributed by atoms with Crippen LogP contribution in [0.15, 0.2) is 0 Å². The van der Waals surface area contributed by atoms with Crippen LogP contribution in [0.3, 0.4) is 0 Å². The fourth-order valence-corrected chi connectivity index (χ4v) is 3.87. The van der Waals surface area contributed by atoms with E-state index in [1.807, 2.05) is 0 Å². The summed E-state index contributed by atoms with van der Waals surface area (Å²) in [7, 11) is 0. The maximum atomic E-state index is 12.3. The number of hydrogen-bond donors (Lipinski definition) is 1. The van der Waals surface area contributed by atoms with E-state index in [1.165, 1.54) is 11.3 Å². The number of rotatable bonds is 4. The van der Waals surface area contributed by atoms with Gasteiger partial charge < -0.3 is 14.8 Å². The molecule has 23 heavy (non-hydrogen) atoms. The molecule has 126 valence electrons. The Balaban J connectivity index is 2.32. The molecule has 0 fully saturated rings. The summed E-state index contributed by atoms with van der Waals surface area (Å²) < 4.78 is 9.81. The molecule has 7 heteroatoms. The Morgan fingerprint density at radius 2 is 1.74 bits per heavy atom. The van der Waals surface area contributed by atoms with Crippen LogP contribution in [0.25, 0.3) is 0 Å². The third-order valence-electron chi connectivity index (χ3n) is 3.59. The summed E-state index contributed by atoms with van der Waals surface area (Å²) in [6.45, 7) is 3.75. The van der Waals surface area contributed by atoms with Crippen molar-refractivity contribution in [2.45, 2.75) is 46.0 Å². The lowest BCUT2D eigenvalue weighted by atomic mass is 10.1. The van der Waals surface area contributed by atoms with Gasteiger partial charge in [-0.15, -0.1) is 11.3 Å². The molecular weight excluding hydrogens is 318 g/mol. The van der Waals surface area contributed by atoms with Crippen molar-refractivity contribution in [3.63, 3.8) is 0 Å². The summed E-state index contributed by atoms with van der Waals surface area (Å²) >= 11 is 1.35. The van der Waals surface area contributed by atoms with Crippen LogP contribution in [-0.2, 0) is 31.9 Å². The second kappa shape index (κ2) is 8.10. The van der Waals surface area contributed by atoms with Crippen molar-refractivity contribution in [3.05, 3.63) is 16.0 Å². The van der Waals surface area contributed by atoms with E-state index < -0.39 is 17.8 Å². The smallest absolute Gasteiger partial charge is 0.397 e. The van der Waals surface area contributed by atoms with E-state index in [0.717, 1.165) is 42.5 Å². The Hall–Kier alpha value is -1.89. The predicted molar refractivity (Wildman–Crippen MR) is 86.8 cm³/mol. The monoisotopic (exact) mass is 339 g/mol. The molecule has 1 amide bonds. The van der Waals surface area contributed by atoms with E-state index in [4.69, 9.17) is 4.74 Å². The predicted octanol–water partition coefficient (Wildman–Crippen LogP) is 2.70. The van der Waals surface area contributed by atoms with Crippen molar-refractivity contribution in [2.75, 3.05) is 18.5 Å². The molecule has 0 bridgehead atoms. The van der Waals surface area contributed by atoms with Gasteiger partial charge in [-0.2, -0.15) is 0 Å². The lowest BCUT2D eigenvalue weighted by molar-refractivity contribution is -0.152. The number of ether oxygens (including phenoxy) is 2. The number of amides is 1. The highest BCUT2D eigenvalue weighted by Crippen LogP contribution is 2.38. The summed E-state index contributed by atoms with van der Waals surface area (Å²) in [6.07, 6.45) is 4.84. The van der Waals surface area contributed by atoms with E-state index >= 15 is 0 Å². The Morgan fingerprint density at radius 1 is 1.04 bits per heavy atom. The molecule has 0 aliphatic heterocycles. The van der Waals surface area contributed by atoms with Crippen LogP contribution in [0.2, 0.25) is 0 Å². The standard InChI is InChI=1S/C16H21NO5S/c1-3-21-15(19)12-10-8-6-5-7-9-11(10)23-14(12)17-13(18)16(20)22-4-2/h3-9H2,1-2H3,(H,17,18). The topological polar surface area (TPSA) is 81.7 Å². The Bertz CT molecular complexity index is 608. The molecule has 0 spiro atoms. The molecule has 1 heterocycles. The SMILES string of the molecule is CCOC(=O)C(=O)Nc1sc2c(c1C(=O)OCC)CCCCC2. The molecule has 6 nitrogen and oxygen atoms in total. The molecule has 0 atom stereocenters. The molecule has 0 unspecified atom stereocenters. The Kier molecular flexibility index (Phi) is 6.15. The van der Waals surface area contributed by atoms with Crippen LogP contribution >= 0.6 is 11.3 Å². The summed E-state index contributed by atoms with van der Waals surface area (Å²) in [6, 6.07) is 0. The highest BCUT2D eigenvalue weighted by molar-refractivity contribution is 7.17. The number of carbonyl (C=O) groups excluding carboxylic acids is 3. The largest absolute Gasteiger partial charge is 0.462 e. The van der Waals surface area contributed by atoms with Crippen LogP contribution < -0.4 is 5.32 Å². The van der Waals surface area contributed by atoms with Gasteiger partial charge in [0.25, 0.3) is 0 Å². The van der Waals surface area contributed by atoms with Gasteiger partial charge in [0.05, 0.1) is 18.8 Å². The quantitative estimate of drug-likeness (QED) is 0.518. The zero-order chi connectivity index (χ0) is 16.8. The van der Waals surface area contributed by atoms with E-state index in [1.54, 1.807) is 13.8 Å². The fourth-order valence-electron chi connectivity index (χ4n) is 2.60. The lowest BCUT2D eigenvalue weighted by Gasteiger charge is -2.08. The number of thiophene rings is 1. The minimum atomic E-state index is -0.953. The number of nitrogens with one attached hydrogen (secondary N) is 1. The molecule has 1 aromatic rings. The van der Waals surface area contributed by atoms with Gasteiger partial charge in [-0.3, -0.25) is 4.79 Å². The van der Waals surface area contributed by atoms with E-state index in [-0.39, 0.29) is 13.2 Å². The normalized spacial score (nSPS) is 13.7. The molecule has 0 radical (unpaired) electrons. The first-order chi connectivity index (χ1) is 11.1. The summed E-state index contributed by atoms with van der Waals surface area (Å²) in [5.41, 5.74) is 1.34.